The molecule has 0 saturated heterocycles. The Morgan fingerprint density at radius 1 is 1.14 bits per heavy atom. The molecule has 0 aliphatic rings. The number of ether oxygens (including phenoxy) is 2. The van der Waals surface area contributed by atoms with E-state index in [1.54, 1.807) is 55.6 Å². The SMILES string of the molecule is COc1ccc(-c2nc(SCC(=O)c3ccccc3OC)[nH]c(=O)c2C#N)cc1. The van der Waals surface area contributed by atoms with Crippen LogP contribution in [-0.4, -0.2) is 35.7 Å². The lowest BCUT2D eigenvalue weighted by molar-refractivity contribution is 0.101. The first-order valence-electron chi connectivity index (χ1n) is 8.55. The lowest BCUT2D eigenvalue weighted by Crippen LogP contribution is -2.15. The zero-order chi connectivity index (χ0) is 20.8. The van der Waals surface area contributed by atoms with Crippen molar-refractivity contribution in [1.82, 2.24) is 9.97 Å². The standard InChI is InChI=1S/C21H17N3O4S/c1-27-14-9-7-13(8-10-14)19-16(11-22)20(26)24-21(23-19)29-12-17(25)15-5-3-4-6-18(15)28-2/h3-10H,12H2,1-2H3,(H,23,24,26). The van der Waals surface area contributed by atoms with E-state index in [2.05, 4.69) is 9.97 Å². The van der Waals surface area contributed by atoms with Gasteiger partial charge in [-0.25, -0.2) is 4.98 Å². The van der Waals surface area contributed by atoms with E-state index in [1.807, 2.05) is 6.07 Å². The maximum atomic E-state index is 12.5. The number of rotatable bonds is 7. The molecular weight excluding hydrogens is 390 g/mol. The zero-order valence-corrected chi connectivity index (χ0v) is 16.6. The third-order valence-corrected chi connectivity index (χ3v) is 4.99. The van der Waals surface area contributed by atoms with E-state index in [0.717, 1.165) is 11.8 Å². The minimum absolute atomic E-state index is 0.0528. The minimum Gasteiger partial charge on any atom is -0.497 e. The van der Waals surface area contributed by atoms with E-state index in [9.17, 15) is 14.9 Å². The number of benzene rings is 2. The number of carbonyl (C=O) groups is 1. The Hall–Kier alpha value is -3.57. The van der Waals surface area contributed by atoms with Crippen LogP contribution >= 0.6 is 11.8 Å². The molecule has 0 radical (unpaired) electrons. The highest BCUT2D eigenvalue weighted by Gasteiger charge is 2.16. The number of aromatic amines is 1. The highest BCUT2D eigenvalue weighted by molar-refractivity contribution is 7.99. The predicted molar refractivity (Wildman–Crippen MR) is 110 cm³/mol. The van der Waals surface area contributed by atoms with Crippen molar-refractivity contribution in [1.29, 1.82) is 5.26 Å². The van der Waals surface area contributed by atoms with E-state index in [0.29, 0.717) is 22.6 Å². The van der Waals surface area contributed by atoms with Crippen LogP contribution in [0.25, 0.3) is 11.3 Å². The summed E-state index contributed by atoms with van der Waals surface area (Å²) in [6.45, 7) is 0. The molecule has 3 rings (SSSR count). The molecule has 3 aromatic rings. The molecule has 7 nitrogen and oxygen atoms in total. The molecule has 0 fully saturated rings. The molecule has 0 saturated carbocycles. The number of nitrogens with zero attached hydrogens (tertiary/aromatic N) is 2. The van der Waals surface area contributed by atoms with Gasteiger partial charge in [-0.3, -0.25) is 9.59 Å². The molecule has 0 unspecified atom stereocenters. The van der Waals surface area contributed by atoms with Crippen LogP contribution in [0, 0.1) is 11.3 Å². The fourth-order valence-electron chi connectivity index (χ4n) is 2.67. The van der Waals surface area contributed by atoms with Crippen molar-refractivity contribution in [2.75, 3.05) is 20.0 Å². The molecule has 29 heavy (non-hydrogen) atoms. The fraction of sp³-hybridized carbons (Fsp3) is 0.143. The monoisotopic (exact) mass is 407 g/mol. The summed E-state index contributed by atoms with van der Waals surface area (Å²) in [5.74, 6) is 1.02. The minimum atomic E-state index is -0.555. The maximum Gasteiger partial charge on any atom is 0.270 e. The predicted octanol–water partition coefficient (Wildman–Crippen LogP) is 3.30. The van der Waals surface area contributed by atoms with Gasteiger partial charge in [-0.2, -0.15) is 5.26 Å². The number of hydrogen-bond acceptors (Lipinski definition) is 7. The quantitative estimate of drug-likeness (QED) is 0.364. The lowest BCUT2D eigenvalue weighted by Gasteiger charge is -2.08. The summed E-state index contributed by atoms with van der Waals surface area (Å²) in [7, 11) is 3.05. The Kier molecular flexibility index (Phi) is 6.32. The van der Waals surface area contributed by atoms with Gasteiger partial charge in [-0.05, 0) is 36.4 Å². The van der Waals surface area contributed by atoms with Gasteiger partial charge >= 0.3 is 0 Å². The van der Waals surface area contributed by atoms with Crippen LogP contribution in [-0.2, 0) is 0 Å². The number of methoxy groups -OCH3 is 2. The van der Waals surface area contributed by atoms with Crippen LogP contribution in [0.15, 0.2) is 58.5 Å². The van der Waals surface area contributed by atoms with Gasteiger partial charge in [0, 0.05) is 5.56 Å². The van der Waals surface area contributed by atoms with Crippen molar-refractivity contribution in [3.05, 3.63) is 70.0 Å². The Bertz CT molecular complexity index is 1130. The summed E-state index contributed by atoms with van der Waals surface area (Å²) in [6, 6.07) is 15.7. The average Bonchev–Trinajstić information content (AvgIpc) is 2.77. The molecule has 1 N–H and O–H groups in total. The summed E-state index contributed by atoms with van der Waals surface area (Å²) in [5, 5.41) is 9.62. The number of Topliss-reactive ketones (excluding diaryl/α,β-unsaturated/α-hetero) is 1. The van der Waals surface area contributed by atoms with Crippen LogP contribution in [0.3, 0.4) is 0 Å². The summed E-state index contributed by atoms with van der Waals surface area (Å²) >= 11 is 1.09. The van der Waals surface area contributed by atoms with Crippen LogP contribution in [0.1, 0.15) is 15.9 Å². The second-order valence-electron chi connectivity index (χ2n) is 5.85. The summed E-state index contributed by atoms with van der Waals surface area (Å²) < 4.78 is 10.3. The van der Waals surface area contributed by atoms with Crippen molar-refractivity contribution in [2.45, 2.75) is 5.16 Å². The molecule has 0 amide bonds. The first-order chi connectivity index (χ1) is 14.1. The van der Waals surface area contributed by atoms with E-state index in [4.69, 9.17) is 9.47 Å². The Labute approximate surface area is 171 Å². The Balaban J connectivity index is 1.88. The van der Waals surface area contributed by atoms with Gasteiger partial charge in [-0.1, -0.05) is 23.9 Å². The molecule has 1 heterocycles. The molecule has 1 aromatic heterocycles. The number of hydrogen-bond donors (Lipinski definition) is 1. The first kappa shape index (κ1) is 20.2. The number of H-pyrrole nitrogens is 1. The van der Waals surface area contributed by atoms with Crippen LogP contribution in [0.2, 0.25) is 0 Å². The Morgan fingerprint density at radius 2 is 1.86 bits per heavy atom. The fourth-order valence-corrected chi connectivity index (χ4v) is 3.41. The third-order valence-electron chi connectivity index (χ3n) is 4.12. The third kappa shape index (κ3) is 4.47. The van der Waals surface area contributed by atoms with E-state index >= 15 is 0 Å². The van der Waals surface area contributed by atoms with Gasteiger partial charge in [0.15, 0.2) is 10.9 Å². The van der Waals surface area contributed by atoms with Crippen LogP contribution in [0.5, 0.6) is 11.5 Å². The Morgan fingerprint density at radius 3 is 2.52 bits per heavy atom. The van der Waals surface area contributed by atoms with Gasteiger partial charge in [0.05, 0.1) is 31.2 Å². The van der Waals surface area contributed by atoms with Gasteiger partial charge < -0.3 is 14.5 Å². The van der Waals surface area contributed by atoms with Crippen molar-refractivity contribution in [2.24, 2.45) is 0 Å². The molecule has 0 aliphatic carbocycles. The molecule has 0 atom stereocenters. The number of para-hydroxylation sites is 1. The van der Waals surface area contributed by atoms with Gasteiger partial charge in [-0.15, -0.1) is 0 Å². The molecule has 0 bridgehead atoms. The number of thioether (sulfide) groups is 1. The lowest BCUT2D eigenvalue weighted by atomic mass is 10.1. The first-order valence-corrected chi connectivity index (χ1v) is 9.53. The molecule has 2 aromatic carbocycles. The zero-order valence-electron chi connectivity index (χ0n) is 15.8. The average molecular weight is 407 g/mol. The molecule has 0 spiro atoms. The summed E-state index contributed by atoms with van der Waals surface area (Å²) in [4.78, 5) is 31.8. The molecule has 8 heteroatoms. The molecular formula is C21H17N3O4S. The highest BCUT2D eigenvalue weighted by Crippen LogP contribution is 2.25. The number of nitriles is 1. The number of aromatic nitrogens is 2. The van der Waals surface area contributed by atoms with Crippen LogP contribution < -0.4 is 15.0 Å². The summed E-state index contributed by atoms with van der Waals surface area (Å²) in [6.07, 6.45) is 0. The second kappa shape index (κ2) is 9.08. The van der Waals surface area contributed by atoms with Crippen molar-refractivity contribution >= 4 is 17.5 Å². The van der Waals surface area contributed by atoms with Gasteiger partial charge in [0.2, 0.25) is 0 Å². The van der Waals surface area contributed by atoms with Crippen molar-refractivity contribution in [3.8, 4) is 28.8 Å². The number of nitrogens with one attached hydrogen (secondary N) is 1. The van der Waals surface area contributed by atoms with Crippen LogP contribution in [0.4, 0.5) is 0 Å². The van der Waals surface area contributed by atoms with E-state index < -0.39 is 5.56 Å². The largest absolute Gasteiger partial charge is 0.497 e. The highest BCUT2D eigenvalue weighted by atomic mass is 32.2. The number of carbonyl (C=O) groups excluding carboxylic acids is 1. The van der Waals surface area contributed by atoms with E-state index in [-0.39, 0.29) is 27.9 Å². The molecule has 146 valence electrons. The topological polar surface area (TPSA) is 105 Å². The van der Waals surface area contributed by atoms with E-state index in [1.165, 1.54) is 7.11 Å². The van der Waals surface area contributed by atoms with Gasteiger partial charge in [0.1, 0.15) is 23.1 Å². The van der Waals surface area contributed by atoms with Crippen molar-refractivity contribution in [3.63, 3.8) is 0 Å². The summed E-state index contributed by atoms with van der Waals surface area (Å²) in [5.41, 5.74) is 0.669. The second-order valence-corrected chi connectivity index (χ2v) is 6.81. The normalized spacial score (nSPS) is 10.2. The van der Waals surface area contributed by atoms with Crippen molar-refractivity contribution < 1.29 is 14.3 Å². The number of ketones is 1. The van der Waals surface area contributed by atoms with Gasteiger partial charge in [0.25, 0.3) is 5.56 Å². The molecule has 0 aliphatic heterocycles. The maximum absolute atomic E-state index is 12.5. The smallest absolute Gasteiger partial charge is 0.270 e.